The van der Waals surface area contributed by atoms with Crippen LogP contribution in [0.3, 0.4) is 0 Å². The van der Waals surface area contributed by atoms with Crippen LogP contribution in [0.2, 0.25) is 0 Å². The maximum absolute atomic E-state index is 9.92. The third-order valence-electron chi connectivity index (χ3n) is 2.69. The van der Waals surface area contributed by atoms with Crippen LogP contribution in [0.25, 0.3) is 0 Å². The van der Waals surface area contributed by atoms with Crippen molar-refractivity contribution in [2.45, 2.75) is 40.5 Å². The van der Waals surface area contributed by atoms with Gasteiger partial charge in [-0.15, -0.1) is 0 Å². The van der Waals surface area contributed by atoms with Crippen molar-refractivity contribution in [1.82, 2.24) is 0 Å². The Kier molecular flexibility index (Phi) is 5.02. The van der Waals surface area contributed by atoms with Crippen molar-refractivity contribution in [2.24, 2.45) is 0 Å². The van der Waals surface area contributed by atoms with Crippen LogP contribution >= 0.6 is 0 Å². The molecule has 0 saturated carbocycles. The summed E-state index contributed by atoms with van der Waals surface area (Å²) in [5.41, 5.74) is 4.85. The Balaban J connectivity index is 3.00. The highest BCUT2D eigenvalue weighted by molar-refractivity contribution is 5.41. The molecule has 1 heteroatoms. The van der Waals surface area contributed by atoms with E-state index in [0.717, 1.165) is 18.4 Å². The molecule has 1 aromatic carbocycles. The second kappa shape index (κ2) is 6.29. The van der Waals surface area contributed by atoms with Crippen molar-refractivity contribution in [1.29, 1.82) is 0 Å². The monoisotopic (exact) mass is 230 g/mol. The Hall–Kier alpha value is -1.50. The van der Waals surface area contributed by atoms with Crippen molar-refractivity contribution in [3.63, 3.8) is 0 Å². The zero-order valence-electron chi connectivity index (χ0n) is 11.2. The molecule has 0 aliphatic carbocycles. The second-order valence-electron chi connectivity index (χ2n) is 4.89. The maximum atomic E-state index is 9.92. The van der Waals surface area contributed by atoms with E-state index in [-0.39, 0.29) is 0 Å². The standard InChI is InChI=1S/C16H22O/c1-12(2)8-10-14-6-5-7-16(17)15(14)11-9-13(3)4/h5-9,17H,10-11H2,1-4H3. The number of aromatic hydroxyl groups is 1. The zero-order chi connectivity index (χ0) is 12.8. The first-order valence-electron chi connectivity index (χ1n) is 6.07. The molecule has 0 aliphatic rings. The van der Waals surface area contributed by atoms with Crippen molar-refractivity contribution < 1.29 is 5.11 Å². The minimum absolute atomic E-state index is 0.405. The molecule has 17 heavy (non-hydrogen) atoms. The van der Waals surface area contributed by atoms with Crippen LogP contribution in [-0.4, -0.2) is 5.11 Å². The SMILES string of the molecule is CC(C)=CCc1cccc(O)c1CC=C(C)C. The molecule has 1 aromatic rings. The topological polar surface area (TPSA) is 20.2 Å². The van der Waals surface area contributed by atoms with E-state index in [4.69, 9.17) is 0 Å². The predicted octanol–water partition coefficient (Wildman–Crippen LogP) is 4.41. The van der Waals surface area contributed by atoms with Crippen LogP contribution in [0, 0.1) is 0 Å². The van der Waals surface area contributed by atoms with Crippen LogP contribution in [0.15, 0.2) is 41.5 Å². The van der Waals surface area contributed by atoms with Gasteiger partial charge in [-0.05, 0) is 52.2 Å². The molecule has 0 bridgehead atoms. The van der Waals surface area contributed by atoms with Crippen LogP contribution < -0.4 is 0 Å². The van der Waals surface area contributed by atoms with E-state index in [9.17, 15) is 5.11 Å². The summed E-state index contributed by atoms with van der Waals surface area (Å²) in [6, 6.07) is 5.77. The number of hydrogen-bond acceptors (Lipinski definition) is 1. The van der Waals surface area contributed by atoms with Crippen LogP contribution in [0.5, 0.6) is 5.75 Å². The van der Waals surface area contributed by atoms with E-state index < -0.39 is 0 Å². The Labute approximate surface area is 104 Å². The first-order chi connectivity index (χ1) is 8.00. The Morgan fingerprint density at radius 3 is 2.18 bits per heavy atom. The van der Waals surface area contributed by atoms with E-state index in [2.05, 4.69) is 45.9 Å². The average Bonchev–Trinajstić information content (AvgIpc) is 2.24. The van der Waals surface area contributed by atoms with Gasteiger partial charge in [-0.2, -0.15) is 0 Å². The fourth-order valence-corrected chi connectivity index (χ4v) is 1.67. The molecule has 1 N–H and O–H groups in total. The molecule has 1 rings (SSSR count). The van der Waals surface area contributed by atoms with Crippen LogP contribution in [0.1, 0.15) is 38.8 Å². The van der Waals surface area contributed by atoms with Gasteiger partial charge in [0.15, 0.2) is 0 Å². The van der Waals surface area contributed by atoms with Gasteiger partial charge in [-0.25, -0.2) is 0 Å². The zero-order valence-corrected chi connectivity index (χ0v) is 11.2. The normalized spacial score (nSPS) is 9.88. The highest BCUT2D eigenvalue weighted by atomic mass is 16.3. The molecular formula is C16H22O. The lowest BCUT2D eigenvalue weighted by Crippen LogP contribution is -1.93. The fraction of sp³-hybridized carbons (Fsp3) is 0.375. The number of phenolic OH excluding ortho intramolecular Hbond substituents is 1. The van der Waals surface area contributed by atoms with Crippen molar-refractivity contribution in [2.75, 3.05) is 0 Å². The summed E-state index contributed by atoms with van der Waals surface area (Å²) in [6.45, 7) is 8.35. The van der Waals surface area contributed by atoms with Gasteiger partial charge in [0.1, 0.15) is 5.75 Å². The van der Waals surface area contributed by atoms with E-state index in [1.807, 2.05) is 6.07 Å². The predicted molar refractivity (Wildman–Crippen MR) is 74.4 cm³/mol. The summed E-state index contributed by atoms with van der Waals surface area (Å²) in [6.07, 6.45) is 6.05. The summed E-state index contributed by atoms with van der Waals surface area (Å²) in [7, 11) is 0. The largest absolute Gasteiger partial charge is 0.508 e. The van der Waals surface area contributed by atoms with Gasteiger partial charge < -0.3 is 5.11 Å². The molecule has 0 fully saturated rings. The van der Waals surface area contributed by atoms with E-state index in [1.54, 1.807) is 6.07 Å². The van der Waals surface area contributed by atoms with Gasteiger partial charge in [0.05, 0.1) is 0 Å². The lowest BCUT2D eigenvalue weighted by molar-refractivity contribution is 0.469. The molecule has 0 spiro atoms. The minimum atomic E-state index is 0.405. The van der Waals surface area contributed by atoms with Gasteiger partial charge in [-0.1, -0.05) is 35.4 Å². The fourth-order valence-electron chi connectivity index (χ4n) is 1.67. The maximum Gasteiger partial charge on any atom is 0.119 e. The lowest BCUT2D eigenvalue weighted by Gasteiger charge is -2.08. The Morgan fingerprint density at radius 2 is 1.59 bits per heavy atom. The third-order valence-corrected chi connectivity index (χ3v) is 2.69. The molecule has 0 unspecified atom stereocenters. The molecule has 0 heterocycles. The van der Waals surface area contributed by atoms with Gasteiger partial charge in [-0.3, -0.25) is 0 Å². The molecule has 0 aliphatic heterocycles. The van der Waals surface area contributed by atoms with Crippen molar-refractivity contribution >= 4 is 0 Å². The lowest BCUT2D eigenvalue weighted by atomic mass is 9.99. The molecule has 92 valence electrons. The summed E-state index contributed by atoms with van der Waals surface area (Å²) in [4.78, 5) is 0. The van der Waals surface area contributed by atoms with E-state index in [0.29, 0.717) is 5.75 Å². The number of allylic oxidation sites excluding steroid dienone is 4. The molecular weight excluding hydrogens is 208 g/mol. The molecule has 0 amide bonds. The molecule has 0 atom stereocenters. The highest BCUT2D eigenvalue weighted by Gasteiger charge is 2.05. The smallest absolute Gasteiger partial charge is 0.119 e. The van der Waals surface area contributed by atoms with Gasteiger partial charge in [0.25, 0.3) is 0 Å². The third kappa shape index (κ3) is 4.48. The van der Waals surface area contributed by atoms with Gasteiger partial charge in [0, 0.05) is 5.56 Å². The van der Waals surface area contributed by atoms with Crippen LogP contribution in [0.4, 0.5) is 0 Å². The van der Waals surface area contributed by atoms with Crippen molar-refractivity contribution in [3.8, 4) is 5.75 Å². The van der Waals surface area contributed by atoms with Gasteiger partial charge >= 0.3 is 0 Å². The molecule has 0 radical (unpaired) electrons. The van der Waals surface area contributed by atoms with E-state index >= 15 is 0 Å². The Bertz CT molecular complexity index is 431. The summed E-state index contributed by atoms with van der Waals surface area (Å²) in [5, 5.41) is 9.92. The molecule has 0 saturated heterocycles. The number of hydrogen-bond donors (Lipinski definition) is 1. The average molecular weight is 230 g/mol. The number of rotatable bonds is 4. The first-order valence-corrected chi connectivity index (χ1v) is 6.07. The first kappa shape index (κ1) is 13.6. The summed E-state index contributed by atoms with van der Waals surface area (Å²) < 4.78 is 0. The van der Waals surface area contributed by atoms with Crippen molar-refractivity contribution in [3.05, 3.63) is 52.6 Å². The number of phenols is 1. The Morgan fingerprint density at radius 1 is 1.00 bits per heavy atom. The highest BCUT2D eigenvalue weighted by Crippen LogP contribution is 2.23. The number of benzene rings is 1. The minimum Gasteiger partial charge on any atom is -0.508 e. The second-order valence-corrected chi connectivity index (χ2v) is 4.89. The summed E-state index contributed by atoms with van der Waals surface area (Å²) in [5.74, 6) is 0.405. The van der Waals surface area contributed by atoms with E-state index in [1.165, 1.54) is 16.7 Å². The quantitative estimate of drug-likeness (QED) is 0.760. The van der Waals surface area contributed by atoms with Gasteiger partial charge in [0.2, 0.25) is 0 Å². The molecule has 1 nitrogen and oxygen atoms in total. The van der Waals surface area contributed by atoms with Crippen LogP contribution in [-0.2, 0) is 12.8 Å². The summed E-state index contributed by atoms with van der Waals surface area (Å²) >= 11 is 0. The molecule has 0 aromatic heterocycles.